The number of ketones is 1. The van der Waals surface area contributed by atoms with Gasteiger partial charge in [-0.1, -0.05) is 6.92 Å². The number of hydrogen-bond donors (Lipinski definition) is 2. The summed E-state index contributed by atoms with van der Waals surface area (Å²) in [5, 5.41) is 0. The topological polar surface area (TPSA) is 81.5 Å². The highest BCUT2D eigenvalue weighted by Crippen LogP contribution is 2.05. The van der Waals surface area contributed by atoms with Crippen LogP contribution in [0.15, 0.2) is 4.99 Å². The zero-order valence-electron chi connectivity index (χ0n) is 7.71. The third-order valence-corrected chi connectivity index (χ3v) is 1.78. The molecule has 0 fully saturated rings. The Balaban J connectivity index is 3.44. The minimum atomic E-state index is 0.116. The molecule has 1 atom stereocenters. The maximum absolute atomic E-state index is 10.8. The number of rotatable bonds is 5. The van der Waals surface area contributed by atoms with Crippen LogP contribution in [0.5, 0.6) is 0 Å². The Morgan fingerprint density at radius 2 is 2.08 bits per heavy atom. The van der Waals surface area contributed by atoms with Gasteiger partial charge >= 0.3 is 0 Å². The maximum atomic E-state index is 10.8. The molecular weight excluding hydrogens is 154 g/mol. The van der Waals surface area contributed by atoms with Gasteiger partial charge in [-0.25, -0.2) is 0 Å². The smallest absolute Gasteiger partial charge is 0.185 e. The molecule has 0 heterocycles. The van der Waals surface area contributed by atoms with Crippen LogP contribution in [0.2, 0.25) is 0 Å². The Labute approximate surface area is 73.0 Å². The van der Waals surface area contributed by atoms with Crippen LogP contribution in [0.4, 0.5) is 0 Å². The largest absolute Gasteiger partial charge is 0.370 e. The molecule has 0 aliphatic heterocycles. The second-order valence-electron chi connectivity index (χ2n) is 2.96. The Kier molecular flexibility index (Phi) is 5.08. The van der Waals surface area contributed by atoms with Gasteiger partial charge in [0.25, 0.3) is 0 Å². The molecule has 0 aromatic heterocycles. The van der Waals surface area contributed by atoms with Crippen molar-refractivity contribution >= 4 is 11.7 Å². The molecule has 0 rings (SSSR count). The number of carbonyl (C=O) groups excluding carboxylic acids is 1. The number of guanidine groups is 1. The molecule has 12 heavy (non-hydrogen) atoms. The summed E-state index contributed by atoms with van der Waals surface area (Å²) in [6.07, 6.45) is 1.71. The molecular formula is C8H17N3O. The normalized spacial score (nSPS) is 12.2. The van der Waals surface area contributed by atoms with E-state index in [9.17, 15) is 4.79 Å². The number of nitrogens with zero attached hydrogens (tertiary/aromatic N) is 1. The molecule has 4 N–H and O–H groups in total. The van der Waals surface area contributed by atoms with Gasteiger partial charge in [-0.2, -0.15) is 0 Å². The minimum absolute atomic E-state index is 0.116. The van der Waals surface area contributed by atoms with Crippen LogP contribution < -0.4 is 11.5 Å². The van der Waals surface area contributed by atoms with Gasteiger partial charge in [-0.15, -0.1) is 0 Å². The number of hydrogen-bond acceptors (Lipinski definition) is 2. The van der Waals surface area contributed by atoms with Crippen LogP contribution in [-0.4, -0.2) is 18.3 Å². The first-order valence-electron chi connectivity index (χ1n) is 4.10. The number of Topliss-reactive ketones (excluding diaryl/α,β-unsaturated/α-hetero) is 1. The third-order valence-electron chi connectivity index (χ3n) is 1.78. The van der Waals surface area contributed by atoms with E-state index in [1.807, 2.05) is 6.92 Å². The Hall–Kier alpha value is -1.06. The summed E-state index contributed by atoms with van der Waals surface area (Å²) in [6, 6.07) is 0. The van der Waals surface area contributed by atoms with Crippen molar-refractivity contribution in [3.63, 3.8) is 0 Å². The average molecular weight is 171 g/mol. The first-order valence-corrected chi connectivity index (χ1v) is 4.10. The summed E-state index contributed by atoms with van der Waals surface area (Å²) in [4.78, 5) is 14.6. The second kappa shape index (κ2) is 5.57. The second-order valence-corrected chi connectivity index (χ2v) is 2.96. The van der Waals surface area contributed by atoms with E-state index in [1.165, 1.54) is 0 Å². The number of nitrogens with two attached hydrogens (primary N) is 2. The van der Waals surface area contributed by atoms with Gasteiger partial charge in [0.15, 0.2) is 5.96 Å². The molecule has 0 spiro atoms. The van der Waals surface area contributed by atoms with Gasteiger partial charge < -0.3 is 11.5 Å². The number of aliphatic imine (C=N–C) groups is 1. The van der Waals surface area contributed by atoms with Crippen LogP contribution in [0.3, 0.4) is 0 Å². The lowest BCUT2D eigenvalue weighted by Gasteiger charge is -2.04. The van der Waals surface area contributed by atoms with E-state index in [-0.39, 0.29) is 17.7 Å². The summed E-state index contributed by atoms with van der Waals surface area (Å²) in [5.41, 5.74) is 10.3. The van der Waals surface area contributed by atoms with Crippen molar-refractivity contribution < 1.29 is 4.79 Å². The van der Waals surface area contributed by atoms with Crippen LogP contribution in [0, 0.1) is 5.92 Å². The molecule has 0 aromatic carbocycles. The Morgan fingerprint density at radius 1 is 1.50 bits per heavy atom. The summed E-state index contributed by atoms with van der Waals surface area (Å²) in [5.74, 6) is 0.462. The fourth-order valence-corrected chi connectivity index (χ4v) is 0.809. The summed E-state index contributed by atoms with van der Waals surface area (Å²) in [6.45, 7) is 4.13. The molecule has 0 saturated carbocycles. The quantitative estimate of drug-likeness (QED) is 0.354. The molecule has 4 nitrogen and oxygen atoms in total. The van der Waals surface area contributed by atoms with Gasteiger partial charge in [-0.05, 0) is 19.8 Å². The van der Waals surface area contributed by atoms with E-state index in [4.69, 9.17) is 11.5 Å². The van der Waals surface area contributed by atoms with Crippen LogP contribution in [-0.2, 0) is 4.79 Å². The lowest BCUT2D eigenvalue weighted by Crippen LogP contribution is -2.23. The van der Waals surface area contributed by atoms with Crippen molar-refractivity contribution in [1.82, 2.24) is 0 Å². The van der Waals surface area contributed by atoms with Crippen molar-refractivity contribution in [2.75, 3.05) is 6.54 Å². The third kappa shape index (κ3) is 5.70. The van der Waals surface area contributed by atoms with Crippen molar-refractivity contribution in [2.45, 2.75) is 26.7 Å². The summed E-state index contributed by atoms with van der Waals surface area (Å²) >= 11 is 0. The molecule has 0 bridgehead atoms. The molecule has 0 aliphatic rings. The van der Waals surface area contributed by atoms with E-state index in [0.29, 0.717) is 6.54 Å². The highest BCUT2D eigenvalue weighted by molar-refractivity contribution is 5.77. The first-order chi connectivity index (χ1) is 5.54. The van der Waals surface area contributed by atoms with E-state index in [0.717, 1.165) is 12.8 Å². The fraction of sp³-hybridized carbons (Fsp3) is 0.750. The molecule has 4 heteroatoms. The molecule has 0 amide bonds. The summed E-state index contributed by atoms with van der Waals surface area (Å²) < 4.78 is 0. The molecule has 0 saturated heterocycles. The average Bonchev–Trinajstić information content (AvgIpc) is 1.97. The zero-order valence-corrected chi connectivity index (χ0v) is 7.71. The predicted molar refractivity (Wildman–Crippen MR) is 49.8 cm³/mol. The van der Waals surface area contributed by atoms with Crippen LogP contribution >= 0.6 is 0 Å². The Bertz CT molecular complexity index is 173. The SMILES string of the molecule is CC(=O)[C@@H](C)CCCN=C(N)N. The standard InChI is InChI=1S/C8H17N3O/c1-6(7(2)12)4-3-5-11-8(9)10/h6H,3-5H2,1-2H3,(H4,9,10,11)/t6-/m0/s1. The van der Waals surface area contributed by atoms with Gasteiger partial charge in [0, 0.05) is 12.5 Å². The van der Waals surface area contributed by atoms with Crippen molar-refractivity contribution in [3.05, 3.63) is 0 Å². The fourth-order valence-electron chi connectivity index (χ4n) is 0.809. The minimum Gasteiger partial charge on any atom is -0.370 e. The van der Waals surface area contributed by atoms with Crippen molar-refractivity contribution in [3.8, 4) is 0 Å². The monoisotopic (exact) mass is 171 g/mol. The molecule has 0 aliphatic carbocycles. The maximum Gasteiger partial charge on any atom is 0.185 e. The highest BCUT2D eigenvalue weighted by atomic mass is 16.1. The lowest BCUT2D eigenvalue weighted by atomic mass is 10.0. The Morgan fingerprint density at radius 3 is 2.50 bits per heavy atom. The zero-order chi connectivity index (χ0) is 9.56. The first kappa shape index (κ1) is 10.9. The van der Waals surface area contributed by atoms with Crippen molar-refractivity contribution in [1.29, 1.82) is 0 Å². The van der Waals surface area contributed by atoms with Gasteiger partial charge in [0.05, 0.1) is 0 Å². The van der Waals surface area contributed by atoms with E-state index in [2.05, 4.69) is 4.99 Å². The molecule has 0 aromatic rings. The van der Waals surface area contributed by atoms with Crippen LogP contribution in [0.1, 0.15) is 26.7 Å². The predicted octanol–water partition coefficient (Wildman–Crippen LogP) is 0.265. The van der Waals surface area contributed by atoms with E-state index >= 15 is 0 Å². The lowest BCUT2D eigenvalue weighted by molar-refractivity contribution is -0.120. The van der Waals surface area contributed by atoms with Crippen molar-refractivity contribution in [2.24, 2.45) is 22.4 Å². The van der Waals surface area contributed by atoms with E-state index in [1.54, 1.807) is 6.92 Å². The molecule has 0 radical (unpaired) electrons. The van der Waals surface area contributed by atoms with Crippen LogP contribution in [0.25, 0.3) is 0 Å². The van der Waals surface area contributed by atoms with E-state index < -0.39 is 0 Å². The van der Waals surface area contributed by atoms with Gasteiger partial charge in [0.2, 0.25) is 0 Å². The van der Waals surface area contributed by atoms with Gasteiger partial charge in [0.1, 0.15) is 5.78 Å². The van der Waals surface area contributed by atoms with Gasteiger partial charge in [-0.3, -0.25) is 9.79 Å². The number of carbonyl (C=O) groups is 1. The summed E-state index contributed by atoms with van der Waals surface area (Å²) in [7, 11) is 0. The molecule has 70 valence electrons. The molecule has 0 unspecified atom stereocenters. The highest BCUT2D eigenvalue weighted by Gasteiger charge is 2.05.